The van der Waals surface area contributed by atoms with E-state index in [1.54, 1.807) is 0 Å². The molecule has 2 amide bonds. The van der Waals surface area contributed by atoms with Gasteiger partial charge in [0.2, 0.25) is 11.8 Å². The molecule has 4 N–H and O–H groups in total. The summed E-state index contributed by atoms with van der Waals surface area (Å²) in [5.74, 6) is -0.351. The minimum absolute atomic E-state index is 0.0706. The molecule has 0 bridgehead atoms. The highest BCUT2D eigenvalue weighted by Gasteiger charge is 2.01. The van der Waals surface area contributed by atoms with E-state index in [1.165, 1.54) is 0 Å². The van der Waals surface area contributed by atoms with Gasteiger partial charge in [-0.15, -0.1) is 0 Å². The second-order valence-corrected chi connectivity index (χ2v) is 4.51. The third kappa shape index (κ3) is 7.21. The summed E-state index contributed by atoms with van der Waals surface area (Å²) >= 11 is 0. The zero-order chi connectivity index (χ0) is 14.1. The van der Waals surface area contributed by atoms with Crippen LogP contribution in [-0.2, 0) is 9.59 Å². The van der Waals surface area contributed by atoms with E-state index in [2.05, 4.69) is 10.6 Å². The Morgan fingerprint density at radius 3 is 2.47 bits per heavy atom. The van der Waals surface area contributed by atoms with Crippen molar-refractivity contribution in [1.29, 1.82) is 0 Å². The first-order chi connectivity index (χ1) is 9.08. The summed E-state index contributed by atoms with van der Waals surface area (Å²) in [6.45, 7) is 2.97. The molecule has 0 atom stereocenters. The minimum Gasteiger partial charge on any atom is -0.370 e. The van der Waals surface area contributed by atoms with E-state index in [0.717, 1.165) is 24.1 Å². The Kier molecular flexibility index (Phi) is 6.60. The first-order valence-electron chi connectivity index (χ1n) is 6.43. The highest BCUT2D eigenvalue weighted by atomic mass is 16.2. The van der Waals surface area contributed by atoms with E-state index in [4.69, 9.17) is 5.73 Å². The van der Waals surface area contributed by atoms with Gasteiger partial charge in [-0.25, -0.2) is 0 Å². The van der Waals surface area contributed by atoms with Gasteiger partial charge in [0.1, 0.15) is 0 Å². The number of rotatable bonds is 8. The van der Waals surface area contributed by atoms with Crippen molar-refractivity contribution in [2.24, 2.45) is 5.73 Å². The van der Waals surface area contributed by atoms with Crippen LogP contribution in [0.25, 0.3) is 0 Å². The average Bonchev–Trinajstić information content (AvgIpc) is 2.36. The number of carbonyl (C=O) groups is 2. The van der Waals surface area contributed by atoms with Crippen molar-refractivity contribution >= 4 is 17.5 Å². The number of carbonyl (C=O) groups excluding carboxylic acids is 2. The molecule has 0 heterocycles. The van der Waals surface area contributed by atoms with Crippen LogP contribution in [0.4, 0.5) is 5.69 Å². The van der Waals surface area contributed by atoms with Crippen LogP contribution >= 0.6 is 0 Å². The number of nitrogens with two attached hydrogens (primary N) is 1. The van der Waals surface area contributed by atoms with Gasteiger partial charge in [-0.1, -0.05) is 17.7 Å². The zero-order valence-corrected chi connectivity index (χ0v) is 11.2. The average molecular weight is 263 g/mol. The second kappa shape index (κ2) is 8.26. The molecule has 0 fully saturated rings. The fourth-order valence-electron chi connectivity index (χ4n) is 1.59. The molecular formula is C14H21N3O2. The molecule has 5 nitrogen and oxygen atoms in total. The van der Waals surface area contributed by atoms with Crippen LogP contribution in [0.3, 0.4) is 0 Å². The molecule has 5 heteroatoms. The van der Waals surface area contributed by atoms with Crippen LogP contribution in [0.5, 0.6) is 0 Å². The van der Waals surface area contributed by atoms with Crippen molar-refractivity contribution in [2.45, 2.75) is 26.2 Å². The van der Waals surface area contributed by atoms with Crippen LogP contribution in [0.15, 0.2) is 24.3 Å². The molecule has 19 heavy (non-hydrogen) atoms. The van der Waals surface area contributed by atoms with Gasteiger partial charge in [0, 0.05) is 12.1 Å². The van der Waals surface area contributed by atoms with E-state index in [1.807, 2.05) is 31.2 Å². The van der Waals surface area contributed by atoms with Gasteiger partial charge in [0.25, 0.3) is 0 Å². The molecule has 0 radical (unpaired) electrons. The molecule has 104 valence electrons. The Labute approximate surface area is 113 Å². The predicted octanol–water partition coefficient (Wildman–Crippen LogP) is 1.18. The van der Waals surface area contributed by atoms with Crippen molar-refractivity contribution in [3.63, 3.8) is 0 Å². The summed E-state index contributed by atoms with van der Waals surface area (Å²) < 4.78 is 0. The summed E-state index contributed by atoms with van der Waals surface area (Å²) in [7, 11) is 0. The Hall–Kier alpha value is -1.88. The van der Waals surface area contributed by atoms with Gasteiger partial charge in [0.15, 0.2) is 0 Å². The summed E-state index contributed by atoms with van der Waals surface area (Å²) in [5.41, 5.74) is 6.98. The van der Waals surface area contributed by atoms with E-state index in [9.17, 15) is 9.59 Å². The number of primary amides is 1. The van der Waals surface area contributed by atoms with Crippen molar-refractivity contribution in [2.75, 3.05) is 18.4 Å². The normalized spacial score (nSPS) is 10.2. The third-order valence-corrected chi connectivity index (χ3v) is 2.65. The van der Waals surface area contributed by atoms with Gasteiger partial charge in [-0.05, 0) is 38.4 Å². The number of amides is 2. The minimum atomic E-state index is -0.280. The van der Waals surface area contributed by atoms with Gasteiger partial charge < -0.3 is 16.4 Å². The van der Waals surface area contributed by atoms with Gasteiger partial charge >= 0.3 is 0 Å². The number of unbranched alkanes of at least 4 members (excludes halogenated alkanes) is 1. The lowest BCUT2D eigenvalue weighted by Crippen LogP contribution is -2.28. The molecule has 0 saturated heterocycles. The lowest BCUT2D eigenvalue weighted by molar-refractivity contribution is -0.118. The Morgan fingerprint density at radius 1 is 1.16 bits per heavy atom. The number of anilines is 1. The van der Waals surface area contributed by atoms with Crippen molar-refractivity contribution < 1.29 is 9.59 Å². The maximum atomic E-state index is 11.6. The molecule has 1 rings (SSSR count). The number of nitrogens with one attached hydrogen (secondary N) is 2. The number of benzene rings is 1. The molecule has 0 spiro atoms. The summed E-state index contributed by atoms with van der Waals surface area (Å²) in [4.78, 5) is 22.1. The van der Waals surface area contributed by atoms with Crippen LogP contribution in [-0.4, -0.2) is 24.9 Å². The number of hydrogen-bond acceptors (Lipinski definition) is 3. The van der Waals surface area contributed by atoms with E-state index in [-0.39, 0.29) is 18.4 Å². The van der Waals surface area contributed by atoms with Crippen LogP contribution < -0.4 is 16.4 Å². The predicted molar refractivity (Wildman–Crippen MR) is 75.7 cm³/mol. The van der Waals surface area contributed by atoms with Crippen molar-refractivity contribution in [3.05, 3.63) is 29.8 Å². The monoisotopic (exact) mass is 263 g/mol. The quantitative estimate of drug-likeness (QED) is 0.616. The Bertz CT molecular complexity index is 415. The summed E-state index contributed by atoms with van der Waals surface area (Å²) in [6, 6.07) is 7.65. The summed E-state index contributed by atoms with van der Waals surface area (Å²) in [5, 5.41) is 5.83. The molecule has 1 aromatic rings. The van der Waals surface area contributed by atoms with Gasteiger partial charge in [0.05, 0.1) is 6.54 Å². The maximum Gasteiger partial charge on any atom is 0.238 e. The summed E-state index contributed by atoms with van der Waals surface area (Å²) in [6.07, 6.45) is 1.99. The lowest BCUT2D eigenvalue weighted by atomic mass is 10.2. The first-order valence-corrected chi connectivity index (χ1v) is 6.43. The van der Waals surface area contributed by atoms with E-state index >= 15 is 0 Å². The number of aryl methyl sites for hydroxylation is 1. The standard InChI is InChI=1S/C14H21N3O2/c1-11-5-7-12(8-6-11)17-14(19)10-16-9-3-2-4-13(15)18/h5-8,16H,2-4,9-10H2,1H3,(H2,15,18)(H,17,19). The van der Waals surface area contributed by atoms with Crippen LogP contribution in [0.2, 0.25) is 0 Å². The number of hydrogen-bond donors (Lipinski definition) is 3. The lowest BCUT2D eigenvalue weighted by Gasteiger charge is -2.06. The van der Waals surface area contributed by atoms with Crippen molar-refractivity contribution in [3.8, 4) is 0 Å². The SMILES string of the molecule is Cc1ccc(NC(=O)CNCCCCC(N)=O)cc1. The second-order valence-electron chi connectivity index (χ2n) is 4.51. The highest BCUT2D eigenvalue weighted by Crippen LogP contribution is 2.07. The van der Waals surface area contributed by atoms with Gasteiger partial charge in [-0.3, -0.25) is 9.59 Å². The largest absolute Gasteiger partial charge is 0.370 e. The van der Waals surface area contributed by atoms with Gasteiger partial charge in [-0.2, -0.15) is 0 Å². The molecule has 1 aromatic carbocycles. The smallest absolute Gasteiger partial charge is 0.238 e. The van der Waals surface area contributed by atoms with Crippen LogP contribution in [0.1, 0.15) is 24.8 Å². The maximum absolute atomic E-state index is 11.6. The molecule has 0 aliphatic carbocycles. The van der Waals surface area contributed by atoms with Crippen molar-refractivity contribution in [1.82, 2.24) is 5.32 Å². The molecule has 0 saturated carbocycles. The topological polar surface area (TPSA) is 84.2 Å². The molecular weight excluding hydrogens is 242 g/mol. The Morgan fingerprint density at radius 2 is 1.84 bits per heavy atom. The zero-order valence-electron chi connectivity index (χ0n) is 11.2. The molecule has 0 aromatic heterocycles. The van der Waals surface area contributed by atoms with E-state index in [0.29, 0.717) is 13.0 Å². The Balaban J connectivity index is 2.11. The molecule has 0 aliphatic rings. The van der Waals surface area contributed by atoms with Crippen LogP contribution in [0, 0.1) is 6.92 Å². The molecule has 0 unspecified atom stereocenters. The molecule has 0 aliphatic heterocycles. The highest BCUT2D eigenvalue weighted by molar-refractivity contribution is 5.92. The van der Waals surface area contributed by atoms with E-state index < -0.39 is 0 Å². The first kappa shape index (κ1) is 15.2. The fourth-order valence-corrected chi connectivity index (χ4v) is 1.59. The third-order valence-electron chi connectivity index (χ3n) is 2.65. The fraction of sp³-hybridized carbons (Fsp3) is 0.429.